The van der Waals surface area contributed by atoms with Gasteiger partial charge in [-0.05, 0) is 25.5 Å². The molecule has 1 aromatic carbocycles. The number of rotatable bonds is 5. The van der Waals surface area contributed by atoms with Crippen LogP contribution >= 0.6 is 0 Å². The Morgan fingerprint density at radius 1 is 1.19 bits per heavy atom. The van der Waals surface area contributed by atoms with Crippen LogP contribution in [0.4, 0.5) is 0 Å². The second-order valence-electron chi connectivity index (χ2n) is 7.19. The summed E-state index contributed by atoms with van der Waals surface area (Å²) in [6, 6.07) is 8.15. The molecule has 146 valence electrons. The number of hydrogen-bond donors (Lipinski definition) is 0. The average molecular weight is 391 g/mol. The molecular weight excluding hydrogens is 364 g/mol. The first-order valence-electron chi connectivity index (χ1n) is 9.48. The molecule has 7 nitrogen and oxygen atoms in total. The fourth-order valence-electron chi connectivity index (χ4n) is 3.85. The largest absolute Gasteiger partial charge is 0.488 e. The van der Waals surface area contributed by atoms with E-state index in [-0.39, 0.29) is 6.10 Å². The standard InChI is InChI=1S/C19H26N4O3S/c1-3-22-14-19(15(2)20-22)27(24,25)23-10-8-21(9-11-23)13-17-12-16-6-4-5-7-18(16)26-17/h4-7,14,17H,3,8-13H2,1-2H3. The van der Waals surface area contributed by atoms with Crippen LogP contribution in [0, 0.1) is 6.92 Å². The van der Waals surface area contributed by atoms with Crippen molar-refractivity contribution in [3.8, 4) is 5.75 Å². The number of piperazine rings is 1. The lowest BCUT2D eigenvalue weighted by Gasteiger charge is -2.34. The van der Waals surface area contributed by atoms with Gasteiger partial charge in [0.25, 0.3) is 0 Å². The van der Waals surface area contributed by atoms with Gasteiger partial charge < -0.3 is 4.74 Å². The first-order chi connectivity index (χ1) is 13.0. The molecule has 0 aliphatic carbocycles. The molecule has 0 bridgehead atoms. The van der Waals surface area contributed by atoms with Crippen LogP contribution in [0.2, 0.25) is 0 Å². The van der Waals surface area contributed by atoms with E-state index in [9.17, 15) is 8.42 Å². The number of ether oxygens (including phenoxy) is 1. The van der Waals surface area contributed by atoms with Crippen LogP contribution in [0.5, 0.6) is 5.75 Å². The second kappa shape index (κ2) is 7.26. The molecule has 2 aromatic rings. The van der Waals surface area contributed by atoms with Crippen LogP contribution in [0.15, 0.2) is 35.4 Å². The van der Waals surface area contributed by atoms with E-state index < -0.39 is 10.0 Å². The highest BCUT2D eigenvalue weighted by Gasteiger charge is 2.32. The molecule has 1 fully saturated rings. The third kappa shape index (κ3) is 3.61. The summed E-state index contributed by atoms with van der Waals surface area (Å²) in [6.07, 6.45) is 2.71. The minimum absolute atomic E-state index is 0.149. The van der Waals surface area contributed by atoms with Gasteiger partial charge in [-0.3, -0.25) is 9.58 Å². The van der Waals surface area contributed by atoms with Gasteiger partial charge in [0.05, 0.1) is 5.69 Å². The summed E-state index contributed by atoms with van der Waals surface area (Å²) in [5.41, 5.74) is 1.82. The molecule has 1 unspecified atom stereocenters. The first-order valence-corrected chi connectivity index (χ1v) is 10.9. The number of sulfonamides is 1. The molecule has 0 N–H and O–H groups in total. The van der Waals surface area contributed by atoms with Crippen LogP contribution in [0.1, 0.15) is 18.2 Å². The first kappa shape index (κ1) is 18.5. The molecule has 8 heteroatoms. The Morgan fingerprint density at radius 3 is 2.59 bits per heavy atom. The van der Waals surface area contributed by atoms with Crippen molar-refractivity contribution in [3.05, 3.63) is 41.7 Å². The highest BCUT2D eigenvalue weighted by Crippen LogP contribution is 2.29. The molecule has 0 amide bonds. The summed E-state index contributed by atoms with van der Waals surface area (Å²) >= 11 is 0. The average Bonchev–Trinajstić information content (AvgIpc) is 3.25. The molecule has 0 saturated carbocycles. The maximum Gasteiger partial charge on any atom is 0.246 e. The van der Waals surface area contributed by atoms with Crippen molar-refractivity contribution >= 4 is 10.0 Å². The van der Waals surface area contributed by atoms with Gasteiger partial charge >= 0.3 is 0 Å². The summed E-state index contributed by atoms with van der Waals surface area (Å²) in [5.74, 6) is 0.979. The van der Waals surface area contributed by atoms with Crippen LogP contribution in [0.25, 0.3) is 0 Å². The highest BCUT2D eigenvalue weighted by atomic mass is 32.2. The third-order valence-corrected chi connectivity index (χ3v) is 7.35. The van der Waals surface area contributed by atoms with Gasteiger partial charge in [-0.25, -0.2) is 8.42 Å². The zero-order valence-corrected chi connectivity index (χ0v) is 16.7. The van der Waals surface area contributed by atoms with E-state index in [1.165, 1.54) is 5.56 Å². The summed E-state index contributed by atoms with van der Waals surface area (Å²) in [4.78, 5) is 2.62. The summed E-state index contributed by atoms with van der Waals surface area (Å²) in [6.45, 7) is 7.63. The van der Waals surface area contributed by atoms with Crippen molar-refractivity contribution in [2.24, 2.45) is 0 Å². The van der Waals surface area contributed by atoms with Gasteiger partial charge in [-0.1, -0.05) is 18.2 Å². The van der Waals surface area contributed by atoms with Gasteiger partial charge in [0.1, 0.15) is 16.7 Å². The predicted octanol–water partition coefficient (Wildman–Crippen LogP) is 1.52. The van der Waals surface area contributed by atoms with Crippen molar-refractivity contribution in [2.45, 2.75) is 37.8 Å². The Labute approximate surface area is 160 Å². The monoisotopic (exact) mass is 390 g/mol. The number of benzene rings is 1. The minimum atomic E-state index is -3.48. The van der Waals surface area contributed by atoms with E-state index >= 15 is 0 Å². The number of aromatic nitrogens is 2. The van der Waals surface area contributed by atoms with E-state index in [4.69, 9.17) is 4.74 Å². The Hall–Kier alpha value is -1.90. The summed E-state index contributed by atoms with van der Waals surface area (Å²) in [5, 5.41) is 4.28. The zero-order valence-electron chi connectivity index (χ0n) is 15.8. The van der Waals surface area contributed by atoms with Crippen LogP contribution < -0.4 is 4.74 Å². The molecule has 2 aliphatic rings. The SMILES string of the molecule is CCn1cc(S(=O)(=O)N2CCN(CC3Cc4ccccc4O3)CC2)c(C)n1. The molecule has 27 heavy (non-hydrogen) atoms. The third-order valence-electron chi connectivity index (χ3n) is 5.35. The van der Waals surface area contributed by atoms with Gasteiger partial charge in [-0.2, -0.15) is 9.40 Å². The normalized spacial score (nSPS) is 21.2. The molecule has 1 atom stereocenters. The van der Waals surface area contributed by atoms with Crippen molar-refractivity contribution in [1.82, 2.24) is 19.0 Å². The lowest BCUT2D eigenvalue weighted by Crippen LogP contribution is -2.50. The smallest absolute Gasteiger partial charge is 0.246 e. The molecule has 3 heterocycles. The van der Waals surface area contributed by atoms with Gasteiger partial charge in [0, 0.05) is 51.9 Å². The van der Waals surface area contributed by atoms with Crippen molar-refractivity contribution in [1.29, 1.82) is 0 Å². The van der Waals surface area contributed by atoms with Gasteiger partial charge in [-0.15, -0.1) is 0 Å². The minimum Gasteiger partial charge on any atom is -0.488 e. The summed E-state index contributed by atoms with van der Waals surface area (Å²) < 4.78 is 35.2. The number of aryl methyl sites for hydroxylation is 2. The lowest BCUT2D eigenvalue weighted by molar-refractivity contribution is 0.120. The van der Waals surface area contributed by atoms with E-state index in [0.717, 1.165) is 31.8 Å². The molecule has 1 aromatic heterocycles. The van der Waals surface area contributed by atoms with Crippen molar-refractivity contribution in [2.75, 3.05) is 32.7 Å². The molecule has 0 spiro atoms. The van der Waals surface area contributed by atoms with Gasteiger partial charge in [0.2, 0.25) is 10.0 Å². The molecule has 0 radical (unpaired) electrons. The molecule has 4 rings (SSSR count). The lowest BCUT2D eigenvalue weighted by atomic mass is 10.1. The van der Waals surface area contributed by atoms with E-state index in [0.29, 0.717) is 30.2 Å². The fraction of sp³-hybridized carbons (Fsp3) is 0.526. The van der Waals surface area contributed by atoms with E-state index in [1.54, 1.807) is 22.1 Å². The van der Waals surface area contributed by atoms with Crippen LogP contribution in [-0.2, 0) is 23.0 Å². The second-order valence-corrected chi connectivity index (χ2v) is 9.10. The van der Waals surface area contributed by atoms with Crippen molar-refractivity contribution in [3.63, 3.8) is 0 Å². The van der Waals surface area contributed by atoms with Crippen molar-refractivity contribution < 1.29 is 13.2 Å². The number of hydrogen-bond acceptors (Lipinski definition) is 5. The van der Waals surface area contributed by atoms with Gasteiger partial charge in [0.15, 0.2) is 0 Å². The summed E-state index contributed by atoms with van der Waals surface area (Å²) in [7, 11) is -3.48. The maximum atomic E-state index is 13.0. The number of para-hydroxylation sites is 1. The Kier molecular flexibility index (Phi) is 4.96. The number of fused-ring (bicyclic) bond motifs is 1. The maximum absolute atomic E-state index is 13.0. The van der Waals surface area contributed by atoms with E-state index in [2.05, 4.69) is 16.1 Å². The quantitative estimate of drug-likeness (QED) is 0.774. The Morgan fingerprint density at radius 2 is 1.93 bits per heavy atom. The molecule has 2 aliphatic heterocycles. The van der Waals surface area contributed by atoms with Crippen LogP contribution in [-0.4, -0.2) is 66.2 Å². The zero-order chi connectivity index (χ0) is 19.0. The number of nitrogens with zero attached hydrogens (tertiary/aromatic N) is 4. The Bertz CT molecular complexity index is 892. The predicted molar refractivity (Wildman–Crippen MR) is 102 cm³/mol. The Balaban J connectivity index is 1.36. The fourth-order valence-corrected chi connectivity index (χ4v) is 5.44. The van der Waals surface area contributed by atoms with Crippen LogP contribution in [0.3, 0.4) is 0 Å². The topological polar surface area (TPSA) is 67.7 Å². The molecule has 1 saturated heterocycles. The molecular formula is C19H26N4O3S. The van der Waals surface area contributed by atoms with E-state index in [1.807, 2.05) is 25.1 Å². The highest BCUT2D eigenvalue weighted by molar-refractivity contribution is 7.89.